The van der Waals surface area contributed by atoms with E-state index in [1.165, 1.54) is 9.79 Å². The lowest BCUT2D eigenvalue weighted by Crippen LogP contribution is -2.04. The molecule has 0 bridgehead atoms. The van der Waals surface area contributed by atoms with E-state index in [0.29, 0.717) is 11.8 Å². The van der Waals surface area contributed by atoms with Crippen LogP contribution >= 0.6 is 39.5 Å². The molecule has 0 radical (unpaired) electrons. The number of benzene rings is 1. The van der Waals surface area contributed by atoms with Crippen LogP contribution in [0.3, 0.4) is 0 Å². The molecule has 0 heterocycles. The quantitative estimate of drug-likeness (QED) is 0.611. The molecule has 0 spiro atoms. The highest BCUT2D eigenvalue weighted by Crippen LogP contribution is 2.31. The number of rotatable bonds is 5. The fourth-order valence-electron chi connectivity index (χ4n) is 1.35. The molecule has 0 aliphatic carbocycles. The summed E-state index contributed by atoms with van der Waals surface area (Å²) in [5.41, 5.74) is 1.14. The van der Waals surface area contributed by atoms with Gasteiger partial charge in [-0.1, -0.05) is 28.1 Å². The number of Topliss-reactive ketones (excluding diaryl/α,β-unsaturated/α-hetero) is 1. The zero-order chi connectivity index (χ0) is 11.3. The standard InChI is InChI=1S/C11H13BrOS2/c1-14-10-5-3-4-8(11(10)15-2)6-9(13)7-12/h3-5H,6-7H2,1-2H3. The van der Waals surface area contributed by atoms with Crippen molar-refractivity contribution < 1.29 is 4.79 Å². The van der Waals surface area contributed by atoms with E-state index in [1.54, 1.807) is 23.5 Å². The highest BCUT2D eigenvalue weighted by molar-refractivity contribution is 9.09. The molecule has 0 N–H and O–H groups in total. The molecule has 82 valence electrons. The Bertz CT molecular complexity index is 352. The molecule has 0 aliphatic heterocycles. The second-order valence-electron chi connectivity index (χ2n) is 3.00. The number of halogens is 1. The number of hydrogen-bond acceptors (Lipinski definition) is 3. The van der Waals surface area contributed by atoms with E-state index in [1.807, 2.05) is 12.1 Å². The van der Waals surface area contributed by atoms with E-state index in [-0.39, 0.29) is 5.78 Å². The Hall–Kier alpha value is 0.0700. The van der Waals surface area contributed by atoms with Crippen LogP contribution in [0.15, 0.2) is 28.0 Å². The van der Waals surface area contributed by atoms with Crippen LogP contribution in [0.1, 0.15) is 5.56 Å². The van der Waals surface area contributed by atoms with Crippen LogP contribution < -0.4 is 0 Å². The van der Waals surface area contributed by atoms with Gasteiger partial charge < -0.3 is 0 Å². The van der Waals surface area contributed by atoms with Crippen LogP contribution in [0.5, 0.6) is 0 Å². The molecule has 15 heavy (non-hydrogen) atoms. The first kappa shape index (κ1) is 13.1. The molecule has 0 fully saturated rings. The van der Waals surface area contributed by atoms with E-state index in [4.69, 9.17) is 0 Å². The SMILES string of the molecule is CSc1cccc(CC(=O)CBr)c1SC. The first-order valence-corrected chi connectivity index (χ1v) is 8.07. The van der Waals surface area contributed by atoms with Crippen molar-refractivity contribution in [3.05, 3.63) is 23.8 Å². The fourth-order valence-corrected chi connectivity index (χ4v) is 3.25. The lowest BCUT2D eigenvalue weighted by molar-refractivity contribution is -0.115. The second kappa shape index (κ2) is 6.61. The zero-order valence-electron chi connectivity index (χ0n) is 8.75. The summed E-state index contributed by atoms with van der Waals surface area (Å²) in [6.45, 7) is 0. The smallest absolute Gasteiger partial charge is 0.147 e. The lowest BCUT2D eigenvalue weighted by Gasteiger charge is -2.10. The summed E-state index contributed by atoms with van der Waals surface area (Å²) in [6.07, 6.45) is 4.64. The number of alkyl halides is 1. The molecule has 0 unspecified atom stereocenters. The third-order valence-corrected chi connectivity index (χ3v) is 4.45. The maximum absolute atomic E-state index is 11.4. The fraction of sp³-hybridized carbons (Fsp3) is 0.364. The Morgan fingerprint density at radius 2 is 2.07 bits per heavy atom. The average Bonchev–Trinajstić information content (AvgIpc) is 2.28. The van der Waals surface area contributed by atoms with Gasteiger partial charge >= 0.3 is 0 Å². The van der Waals surface area contributed by atoms with E-state index in [2.05, 4.69) is 34.5 Å². The highest BCUT2D eigenvalue weighted by atomic mass is 79.9. The maximum atomic E-state index is 11.4. The van der Waals surface area contributed by atoms with Gasteiger partial charge in [0.1, 0.15) is 5.78 Å². The molecule has 1 aromatic rings. The molecule has 1 nitrogen and oxygen atoms in total. The first-order valence-electron chi connectivity index (χ1n) is 4.50. The Labute approximate surface area is 108 Å². The summed E-state index contributed by atoms with van der Waals surface area (Å²) in [5.74, 6) is 0.226. The van der Waals surface area contributed by atoms with Crippen molar-refractivity contribution in [3.63, 3.8) is 0 Å². The van der Waals surface area contributed by atoms with E-state index in [0.717, 1.165) is 5.56 Å². The molecule has 0 saturated heterocycles. The van der Waals surface area contributed by atoms with Crippen molar-refractivity contribution in [1.82, 2.24) is 0 Å². The van der Waals surface area contributed by atoms with Gasteiger partial charge in [0.15, 0.2) is 0 Å². The maximum Gasteiger partial charge on any atom is 0.147 e. The molecule has 0 saturated carbocycles. The molecule has 0 atom stereocenters. The molecule has 1 rings (SSSR count). The van der Waals surface area contributed by atoms with Crippen molar-refractivity contribution in [2.45, 2.75) is 16.2 Å². The Morgan fingerprint density at radius 3 is 2.60 bits per heavy atom. The van der Waals surface area contributed by atoms with Crippen LogP contribution in [-0.2, 0) is 11.2 Å². The molecule has 4 heteroatoms. The summed E-state index contributed by atoms with van der Waals surface area (Å²) in [6, 6.07) is 6.15. The van der Waals surface area contributed by atoms with E-state index >= 15 is 0 Å². The summed E-state index contributed by atoms with van der Waals surface area (Å²) in [4.78, 5) is 13.9. The van der Waals surface area contributed by atoms with Crippen molar-refractivity contribution >= 4 is 45.2 Å². The normalized spacial score (nSPS) is 10.3. The largest absolute Gasteiger partial charge is 0.298 e. The number of carbonyl (C=O) groups is 1. The van der Waals surface area contributed by atoms with Crippen molar-refractivity contribution in [1.29, 1.82) is 0 Å². The summed E-state index contributed by atoms with van der Waals surface area (Å²) < 4.78 is 0. The van der Waals surface area contributed by atoms with E-state index < -0.39 is 0 Å². The minimum atomic E-state index is 0.226. The Morgan fingerprint density at radius 1 is 1.33 bits per heavy atom. The number of hydrogen-bond donors (Lipinski definition) is 0. The predicted octanol–water partition coefficient (Wildman–Crippen LogP) is 3.64. The van der Waals surface area contributed by atoms with Gasteiger partial charge in [-0.15, -0.1) is 23.5 Å². The summed E-state index contributed by atoms with van der Waals surface area (Å²) in [7, 11) is 0. The van der Waals surface area contributed by atoms with Crippen LogP contribution in [0.25, 0.3) is 0 Å². The Balaban J connectivity index is 3.00. The molecule has 0 aliphatic rings. The third-order valence-electron chi connectivity index (χ3n) is 2.02. The van der Waals surface area contributed by atoms with Crippen LogP contribution in [0.2, 0.25) is 0 Å². The van der Waals surface area contributed by atoms with Gasteiger partial charge in [0, 0.05) is 16.2 Å². The van der Waals surface area contributed by atoms with Crippen LogP contribution in [-0.4, -0.2) is 23.6 Å². The summed E-state index contributed by atoms with van der Waals surface area (Å²) in [5, 5.41) is 0.435. The van der Waals surface area contributed by atoms with Crippen molar-refractivity contribution in [3.8, 4) is 0 Å². The second-order valence-corrected chi connectivity index (χ2v) is 5.23. The minimum absolute atomic E-state index is 0.226. The summed E-state index contributed by atoms with van der Waals surface area (Å²) >= 11 is 6.63. The highest BCUT2D eigenvalue weighted by Gasteiger charge is 2.09. The molecule has 0 amide bonds. The van der Waals surface area contributed by atoms with Crippen molar-refractivity contribution in [2.75, 3.05) is 17.8 Å². The van der Waals surface area contributed by atoms with E-state index in [9.17, 15) is 4.79 Å². The molecule has 1 aromatic carbocycles. The molecule has 0 aromatic heterocycles. The minimum Gasteiger partial charge on any atom is -0.298 e. The lowest BCUT2D eigenvalue weighted by atomic mass is 10.1. The van der Waals surface area contributed by atoms with Gasteiger partial charge in [0.2, 0.25) is 0 Å². The van der Waals surface area contributed by atoms with Crippen LogP contribution in [0, 0.1) is 0 Å². The number of ketones is 1. The average molecular weight is 305 g/mol. The number of thioether (sulfide) groups is 2. The van der Waals surface area contributed by atoms with Gasteiger partial charge in [-0.05, 0) is 24.1 Å². The third kappa shape index (κ3) is 3.54. The monoisotopic (exact) mass is 304 g/mol. The topological polar surface area (TPSA) is 17.1 Å². The first-order chi connectivity index (χ1) is 7.22. The molecular weight excluding hydrogens is 292 g/mol. The van der Waals surface area contributed by atoms with Crippen molar-refractivity contribution in [2.24, 2.45) is 0 Å². The van der Waals surface area contributed by atoms with Gasteiger partial charge in [-0.2, -0.15) is 0 Å². The van der Waals surface area contributed by atoms with Gasteiger partial charge in [0.05, 0.1) is 5.33 Å². The van der Waals surface area contributed by atoms with Gasteiger partial charge in [-0.25, -0.2) is 0 Å². The Kier molecular flexibility index (Phi) is 5.79. The van der Waals surface area contributed by atoms with Gasteiger partial charge in [0.25, 0.3) is 0 Å². The molecular formula is C11H13BrOS2. The number of carbonyl (C=O) groups excluding carboxylic acids is 1. The predicted molar refractivity (Wildman–Crippen MR) is 72.5 cm³/mol. The zero-order valence-corrected chi connectivity index (χ0v) is 12.0. The van der Waals surface area contributed by atoms with Gasteiger partial charge in [-0.3, -0.25) is 4.79 Å². The van der Waals surface area contributed by atoms with Crippen LogP contribution in [0.4, 0.5) is 0 Å².